The van der Waals surface area contributed by atoms with Gasteiger partial charge in [0.05, 0.1) is 5.92 Å². The van der Waals surface area contributed by atoms with Crippen LogP contribution in [-0.2, 0) is 9.53 Å². The van der Waals surface area contributed by atoms with Crippen molar-refractivity contribution in [3.63, 3.8) is 0 Å². The quantitative estimate of drug-likeness (QED) is 0.586. The molecule has 3 atom stereocenters. The summed E-state index contributed by atoms with van der Waals surface area (Å²) in [6, 6.07) is 1.58. The molecule has 19 heavy (non-hydrogen) atoms. The first-order valence-electron chi connectivity index (χ1n) is 6.22. The Kier molecular flexibility index (Phi) is 2.52. The molecule has 1 heterocycles. The average Bonchev–Trinajstić information content (AvgIpc) is 2.94. The van der Waals surface area contributed by atoms with Crippen LogP contribution in [0, 0.1) is 11.8 Å². The van der Waals surface area contributed by atoms with Crippen LogP contribution >= 0.6 is 11.6 Å². The van der Waals surface area contributed by atoms with E-state index < -0.39 is 5.60 Å². The Labute approximate surface area is 116 Å². The highest BCUT2D eigenvalue weighted by atomic mass is 35.5. The zero-order valence-electron chi connectivity index (χ0n) is 10.9. The highest BCUT2D eigenvalue weighted by Crippen LogP contribution is 2.61. The smallest absolute Gasteiger partial charge is 0.310 e. The molecule has 1 saturated carbocycles. The number of carbonyl (C=O) groups excluding carboxylic acids is 2. The lowest BCUT2D eigenvalue weighted by atomic mass is 10.0. The van der Waals surface area contributed by atoms with Gasteiger partial charge in [-0.05, 0) is 32.4 Å². The number of nitrogens with zero attached hydrogens (tertiary/aromatic N) is 1. The normalized spacial score (nSPS) is 27.8. The molecule has 0 amide bonds. The molecule has 3 unspecified atom stereocenters. The van der Waals surface area contributed by atoms with Gasteiger partial charge < -0.3 is 4.74 Å². The number of hydrogen-bond acceptors (Lipinski definition) is 4. The van der Waals surface area contributed by atoms with E-state index >= 15 is 0 Å². The van der Waals surface area contributed by atoms with Crippen LogP contribution < -0.4 is 0 Å². The minimum absolute atomic E-state index is 0.0137. The Balaban J connectivity index is 1.85. The summed E-state index contributed by atoms with van der Waals surface area (Å²) >= 11 is 5.78. The maximum atomic E-state index is 12.2. The molecule has 0 saturated heterocycles. The van der Waals surface area contributed by atoms with Crippen molar-refractivity contribution in [2.24, 2.45) is 11.8 Å². The number of rotatable bonds is 1. The largest absolute Gasteiger partial charge is 0.460 e. The van der Waals surface area contributed by atoms with E-state index in [1.807, 2.05) is 20.8 Å². The number of aromatic nitrogens is 1. The van der Waals surface area contributed by atoms with Crippen molar-refractivity contribution in [1.29, 1.82) is 0 Å². The summed E-state index contributed by atoms with van der Waals surface area (Å²) in [5.41, 5.74) is 0.906. The first-order chi connectivity index (χ1) is 8.79. The number of carbonyl (C=O) groups is 2. The van der Waals surface area contributed by atoms with Crippen LogP contribution in [0.1, 0.15) is 42.6 Å². The first-order valence-corrected chi connectivity index (χ1v) is 6.60. The van der Waals surface area contributed by atoms with E-state index in [1.54, 1.807) is 12.3 Å². The monoisotopic (exact) mass is 279 g/mol. The van der Waals surface area contributed by atoms with Gasteiger partial charge >= 0.3 is 5.97 Å². The van der Waals surface area contributed by atoms with Gasteiger partial charge in [-0.2, -0.15) is 0 Å². The molecule has 0 bridgehead atoms. The summed E-state index contributed by atoms with van der Waals surface area (Å²) in [4.78, 5) is 28.2. The SMILES string of the molecule is CC(C)(C)OC(=O)C1C2C(=O)c3cc(Cl)ncc3C12. The summed E-state index contributed by atoms with van der Waals surface area (Å²) < 4.78 is 5.35. The van der Waals surface area contributed by atoms with Gasteiger partial charge in [-0.3, -0.25) is 9.59 Å². The van der Waals surface area contributed by atoms with Gasteiger partial charge in [0.15, 0.2) is 5.78 Å². The zero-order chi connectivity index (χ0) is 13.9. The first kappa shape index (κ1) is 12.6. The predicted molar refractivity (Wildman–Crippen MR) is 69.1 cm³/mol. The van der Waals surface area contributed by atoms with Crippen molar-refractivity contribution in [2.45, 2.75) is 32.3 Å². The van der Waals surface area contributed by atoms with Crippen LogP contribution in [0.3, 0.4) is 0 Å². The van der Waals surface area contributed by atoms with Crippen molar-refractivity contribution in [3.8, 4) is 0 Å². The molecule has 0 aliphatic heterocycles. The summed E-state index contributed by atoms with van der Waals surface area (Å²) in [6.07, 6.45) is 1.60. The third-order valence-electron chi connectivity index (χ3n) is 3.53. The zero-order valence-corrected chi connectivity index (χ0v) is 11.7. The molecule has 1 aromatic heterocycles. The van der Waals surface area contributed by atoms with Gasteiger partial charge in [-0.1, -0.05) is 11.6 Å². The Hall–Kier alpha value is -1.42. The van der Waals surface area contributed by atoms with Crippen LogP contribution in [0.15, 0.2) is 12.3 Å². The topological polar surface area (TPSA) is 56.3 Å². The Morgan fingerprint density at radius 1 is 1.37 bits per heavy atom. The Bertz CT molecular complexity index is 591. The highest BCUT2D eigenvalue weighted by molar-refractivity contribution is 6.30. The third-order valence-corrected chi connectivity index (χ3v) is 3.73. The van der Waals surface area contributed by atoms with Gasteiger partial charge in [0.2, 0.25) is 0 Å². The average molecular weight is 280 g/mol. The molecule has 3 rings (SSSR count). The van der Waals surface area contributed by atoms with E-state index in [1.165, 1.54) is 0 Å². The molecule has 2 aliphatic rings. The summed E-state index contributed by atoms with van der Waals surface area (Å²) in [5.74, 6) is -0.994. The summed E-state index contributed by atoms with van der Waals surface area (Å²) in [7, 11) is 0. The lowest BCUT2D eigenvalue weighted by Crippen LogP contribution is -2.26. The number of hydrogen-bond donors (Lipinski definition) is 0. The standard InChI is InChI=1S/C14H14ClNO3/c1-14(2,3)19-13(18)11-9-7-5-16-8(15)4-6(7)12(17)10(9)11/h4-5,9-11H,1-3H3. The molecular formula is C14H14ClNO3. The van der Waals surface area contributed by atoms with Gasteiger partial charge in [-0.15, -0.1) is 0 Å². The molecule has 1 fully saturated rings. The molecule has 2 aliphatic carbocycles. The van der Waals surface area contributed by atoms with Gasteiger partial charge in [0.25, 0.3) is 0 Å². The Morgan fingerprint density at radius 2 is 2.05 bits per heavy atom. The fraction of sp³-hybridized carbons (Fsp3) is 0.500. The number of esters is 1. The van der Waals surface area contributed by atoms with Gasteiger partial charge in [0.1, 0.15) is 10.8 Å². The molecule has 100 valence electrons. The molecular weight excluding hydrogens is 266 g/mol. The van der Waals surface area contributed by atoms with Crippen LogP contribution in [-0.4, -0.2) is 22.3 Å². The van der Waals surface area contributed by atoms with E-state index in [2.05, 4.69) is 4.98 Å². The van der Waals surface area contributed by atoms with Crippen LogP contribution in [0.25, 0.3) is 0 Å². The molecule has 0 spiro atoms. The van der Waals surface area contributed by atoms with E-state index in [-0.39, 0.29) is 29.5 Å². The third kappa shape index (κ3) is 1.94. The van der Waals surface area contributed by atoms with Crippen LogP contribution in [0.4, 0.5) is 0 Å². The predicted octanol–water partition coefficient (Wildman–Crippen LogP) is 2.60. The molecule has 0 aromatic carbocycles. The number of halogens is 1. The fourth-order valence-electron chi connectivity index (χ4n) is 2.79. The van der Waals surface area contributed by atoms with Gasteiger partial charge in [0, 0.05) is 23.6 Å². The van der Waals surface area contributed by atoms with Crippen molar-refractivity contribution in [2.75, 3.05) is 0 Å². The fourth-order valence-corrected chi connectivity index (χ4v) is 2.94. The summed E-state index contributed by atoms with van der Waals surface area (Å²) in [5, 5.41) is 0.308. The molecule has 0 N–H and O–H groups in total. The van der Waals surface area contributed by atoms with Crippen molar-refractivity contribution in [1.82, 2.24) is 4.98 Å². The molecule has 5 heteroatoms. The number of pyridine rings is 1. The van der Waals surface area contributed by atoms with Crippen molar-refractivity contribution >= 4 is 23.4 Å². The number of ether oxygens (including phenoxy) is 1. The second kappa shape index (κ2) is 3.79. The van der Waals surface area contributed by atoms with E-state index in [4.69, 9.17) is 16.3 Å². The van der Waals surface area contributed by atoms with Crippen LogP contribution in [0.2, 0.25) is 5.15 Å². The summed E-state index contributed by atoms with van der Waals surface area (Å²) in [6.45, 7) is 5.46. The second-order valence-corrected chi connectivity index (χ2v) is 6.46. The second-order valence-electron chi connectivity index (χ2n) is 6.07. The highest BCUT2D eigenvalue weighted by Gasteiger charge is 2.65. The van der Waals surface area contributed by atoms with Crippen molar-refractivity contribution < 1.29 is 14.3 Å². The van der Waals surface area contributed by atoms with E-state index in [0.717, 1.165) is 5.56 Å². The lowest BCUT2D eigenvalue weighted by Gasteiger charge is -2.20. The van der Waals surface area contributed by atoms with Gasteiger partial charge in [-0.25, -0.2) is 4.98 Å². The Morgan fingerprint density at radius 3 is 2.68 bits per heavy atom. The number of Topliss-reactive ketones (excluding diaryl/α,β-unsaturated/α-hetero) is 1. The minimum atomic E-state index is -0.530. The lowest BCUT2D eigenvalue weighted by molar-refractivity contribution is -0.156. The van der Waals surface area contributed by atoms with E-state index in [9.17, 15) is 9.59 Å². The van der Waals surface area contributed by atoms with E-state index in [0.29, 0.717) is 10.7 Å². The van der Waals surface area contributed by atoms with Crippen LogP contribution in [0.5, 0.6) is 0 Å². The number of fused-ring (bicyclic) bond motifs is 3. The maximum Gasteiger partial charge on any atom is 0.310 e. The van der Waals surface area contributed by atoms with Crippen molar-refractivity contribution in [3.05, 3.63) is 28.5 Å². The molecule has 1 aromatic rings. The number of ketones is 1. The molecule has 0 radical (unpaired) electrons. The minimum Gasteiger partial charge on any atom is -0.460 e. The molecule has 4 nitrogen and oxygen atoms in total. The maximum absolute atomic E-state index is 12.2.